The van der Waals surface area contributed by atoms with Gasteiger partial charge in [0.15, 0.2) is 0 Å². The van der Waals surface area contributed by atoms with Gasteiger partial charge in [0.05, 0.1) is 12.1 Å². The fraction of sp³-hybridized carbons (Fsp3) is 0.562. The van der Waals surface area contributed by atoms with Gasteiger partial charge in [0.25, 0.3) is 0 Å². The quantitative estimate of drug-likeness (QED) is 0.774. The molecule has 100 valence electrons. The molecule has 2 bridgehead atoms. The van der Waals surface area contributed by atoms with E-state index in [4.69, 9.17) is 4.74 Å². The van der Waals surface area contributed by atoms with Gasteiger partial charge in [-0.05, 0) is 36.8 Å². The van der Waals surface area contributed by atoms with Crippen molar-refractivity contribution in [3.05, 3.63) is 35.4 Å². The second kappa shape index (κ2) is 4.34. The number of hydrogen-bond donors (Lipinski definition) is 0. The summed E-state index contributed by atoms with van der Waals surface area (Å²) < 4.78 is 5.37. The van der Waals surface area contributed by atoms with Gasteiger partial charge in [-0.3, -0.25) is 4.79 Å². The van der Waals surface area contributed by atoms with Crippen LogP contribution in [0.15, 0.2) is 24.3 Å². The molecule has 3 heteroatoms. The van der Waals surface area contributed by atoms with E-state index in [1.807, 2.05) is 0 Å². The topological polar surface area (TPSA) is 29.5 Å². The third-order valence-corrected chi connectivity index (χ3v) is 4.92. The monoisotopic (exact) mass is 257 g/mol. The first kappa shape index (κ1) is 11.5. The molecule has 19 heavy (non-hydrogen) atoms. The Morgan fingerprint density at radius 3 is 2.16 bits per heavy atom. The average molecular weight is 257 g/mol. The molecule has 0 unspecified atom stereocenters. The second-order valence-electron chi connectivity index (χ2n) is 5.87. The van der Waals surface area contributed by atoms with Crippen molar-refractivity contribution in [2.24, 2.45) is 5.92 Å². The van der Waals surface area contributed by atoms with Gasteiger partial charge in [-0.1, -0.05) is 24.3 Å². The lowest BCUT2D eigenvalue weighted by Crippen LogP contribution is -2.36. The highest BCUT2D eigenvalue weighted by atomic mass is 16.5. The fourth-order valence-corrected chi connectivity index (χ4v) is 4.00. The minimum atomic E-state index is 0.186. The lowest BCUT2D eigenvalue weighted by molar-refractivity contribution is -0.141. The molecule has 2 fully saturated rings. The summed E-state index contributed by atoms with van der Waals surface area (Å²) in [6, 6.07) is 9.27. The number of ether oxygens (including phenoxy) is 1. The Morgan fingerprint density at radius 1 is 1.00 bits per heavy atom. The Bertz CT molecular complexity index is 476. The SMILES string of the molecule is O=C(C1CCOCC1)N1[C@H]2CC[C@H]1c1ccccc12. The summed E-state index contributed by atoms with van der Waals surface area (Å²) in [5, 5.41) is 0. The van der Waals surface area contributed by atoms with E-state index in [0.29, 0.717) is 18.0 Å². The number of carbonyl (C=O) groups excluding carboxylic acids is 1. The van der Waals surface area contributed by atoms with E-state index < -0.39 is 0 Å². The Labute approximate surface area is 113 Å². The molecular weight excluding hydrogens is 238 g/mol. The molecule has 1 amide bonds. The molecule has 2 atom stereocenters. The maximum Gasteiger partial charge on any atom is 0.226 e. The first-order valence-corrected chi connectivity index (χ1v) is 7.35. The van der Waals surface area contributed by atoms with Gasteiger partial charge in [0, 0.05) is 19.1 Å². The molecule has 0 aromatic heterocycles. The molecule has 0 N–H and O–H groups in total. The molecule has 0 aliphatic carbocycles. The predicted octanol–water partition coefficient (Wildman–Crippen LogP) is 2.83. The average Bonchev–Trinajstić information content (AvgIpc) is 3.04. The fourth-order valence-electron chi connectivity index (χ4n) is 4.00. The van der Waals surface area contributed by atoms with E-state index in [9.17, 15) is 4.79 Å². The molecule has 0 radical (unpaired) electrons. The van der Waals surface area contributed by atoms with Crippen molar-refractivity contribution in [1.29, 1.82) is 0 Å². The lowest BCUT2D eigenvalue weighted by Gasteiger charge is -2.29. The van der Waals surface area contributed by atoms with Crippen molar-refractivity contribution < 1.29 is 9.53 Å². The summed E-state index contributed by atoms with van der Waals surface area (Å²) in [6.07, 6.45) is 4.06. The highest BCUT2D eigenvalue weighted by molar-refractivity contribution is 5.81. The Balaban J connectivity index is 1.62. The molecule has 3 aliphatic rings. The Kier molecular flexibility index (Phi) is 2.62. The van der Waals surface area contributed by atoms with E-state index >= 15 is 0 Å². The van der Waals surface area contributed by atoms with E-state index in [1.54, 1.807) is 0 Å². The van der Waals surface area contributed by atoms with Crippen molar-refractivity contribution in [2.45, 2.75) is 37.8 Å². The van der Waals surface area contributed by atoms with Crippen molar-refractivity contribution in [2.75, 3.05) is 13.2 Å². The van der Waals surface area contributed by atoms with Crippen LogP contribution in [0.3, 0.4) is 0 Å². The van der Waals surface area contributed by atoms with Crippen molar-refractivity contribution >= 4 is 5.91 Å². The van der Waals surface area contributed by atoms with Gasteiger partial charge in [-0.25, -0.2) is 0 Å². The van der Waals surface area contributed by atoms with Gasteiger partial charge in [0.2, 0.25) is 5.91 Å². The smallest absolute Gasteiger partial charge is 0.226 e. The van der Waals surface area contributed by atoms with E-state index in [1.165, 1.54) is 11.1 Å². The number of rotatable bonds is 1. The highest BCUT2D eigenvalue weighted by Gasteiger charge is 2.47. The number of fused-ring (bicyclic) bond motifs is 5. The summed E-state index contributed by atoms with van der Waals surface area (Å²) in [5.74, 6) is 0.554. The third-order valence-electron chi connectivity index (χ3n) is 4.92. The Morgan fingerprint density at radius 2 is 1.58 bits per heavy atom. The first-order chi connectivity index (χ1) is 9.36. The standard InChI is InChI=1S/C16H19NO2/c18-16(11-7-9-19-10-8-11)17-14-5-6-15(17)13-4-2-1-3-12(13)14/h1-4,11,14-15H,5-10H2/t14-,15-/m0/s1. The van der Waals surface area contributed by atoms with Gasteiger partial charge in [-0.15, -0.1) is 0 Å². The molecule has 0 saturated carbocycles. The van der Waals surface area contributed by atoms with Crippen LogP contribution in [0.2, 0.25) is 0 Å². The van der Waals surface area contributed by atoms with Crippen LogP contribution >= 0.6 is 0 Å². The van der Waals surface area contributed by atoms with Crippen LogP contribution in [0.1, 0.15) is 48.9 Å². The molecular formula is C16H19NO2. The van der Waals surface area contributed by atoms with Crippen LogP contribution in [-0.2, 0) is 9.53 Å². The molecule has 1 aromatic rings. The normalized spacial score (nSPS) is 29.6. The summed E-state index contributed by atoms with van der Waals surface area (Å²) in [4.78, 5) is 15.0. The Hall–Kier alpha value is -1.35. The van der Waals surface area contributed by atoms with Crippen molar-refractivity contribution in [1.82, 2.24) is 4.90 Å². The molecule has 3 aliphatic heterocycles. The largest absolute Gasteiger partial charge is 0.381 e. The zero-order valence-corrected chi connectivity index (χ0v) is 11.0. The summed E-state index contributed by atoms with van der Waals surface area (Å²) in [5.41, 5.74) is 2.78. The summed E-state index contributed by atoms with van der Waals surface area (Å²) in [6.45, 7) is 1.49. The van der Waals surface area contributed by atoms with Crippen LogP contribution in [0.4, 0.5) is 0 Å². The van der Waals surface area contributed by atoms with Gasteiger partial charge >= 0.3 is 0 Å². The van der Waals surface area contributed by atoms with E-state index in [-0.39, 0.29) is 5.92 Å². The first-order valence-electron chi connectivity index (χ1n) is 7.35. The lowest BCUT2D eigenvalue weighted by atomic mass is 9.92. The molecule has 3 nitrogen and oxygen atoms in total. The maximum absolute atomic E-state index is 12.8. The molecule has 4 rings (SSSR count). The zero-order chi connectivity index (χ0) is 12.8. The van der Waals surface area contributed by atoms with Crippen LogP contribution in [0.5, 0.6) is 0 Å². The predicted molar refractivity (Wildman–Crippen MR) is 71.5 cm³/mol. The number of hydrogen-bond acceptors (Lipinski definition) is 2. The van der Waals surface area contributed by atoms with Crippen LogP contribution in [0.25, 0.3) is 0 Å². The summed E-state index contributed by atoms with van der Waals surface area (Å²) in [7, 11) is 0. The maximum atomic E-state index is 12.8. The van der Waals surface area contributed by atoms with Crippen LogP contribution in [0, 0.1) is 5.92 Å². The van der Waals surface area contributed by atoms with Gasteiger partial charge in [-0.2, -0.15) is 0 Å². The second-order valence-corrected chi connectivity index (χ2v) is 5.87. The van der Waals surface area contributed by atoms with Crippen molar-refractivity contribution in [3.8, 4) is 0 Å². The number of carbonyl (C=O) groups is 1. The highest BCUT2D eigenvalue weighted by Crippen LogP contribution is 2.53. The van der Waals surface area contributed by atoms with E-state index in [2.05, 4.69) is 29.2 Å². The van der Waals surface area contributed by atoms with Crippen LogP contribution < -0.4 is 0 Å². The minimum absolute atomic E-state index is 0.186. The molecule has 1 aromatic carbocycles. The van der Waals surface area contributed by atoms with Crippen LogP contribution in [-0.4, -0.2) is 24.0 Å². The van der Waals surface area contributed by atoms with Gasteiger partial charge in [0.1, 0.15) is 0 Å². The minimum Gasteiger partial charge on any atom is -0.381 e. The number of amides is 1. The van der Waals surface area contributed by atoms with Gasteiger partial charge < -0.3 is 9.64 Å². The third kappa shape index (κ3) is 1.64. The number of nitrogens with zero attached hydrogens (tertiary/aromatic N) is 1. The van der Waals surface area contributed by atoms with Crippen molar-refractivity contribution in [3.63, 3.8) is 0 Å². The molecule has 0 spiro atoms. The van der Waals surface area contributed by atoms with E-state index in [0.717, 1.165) is 38.9 Å². The zero-order valence-electron chi connectivity index (χ0n) is 11.0. The summed E-state index contributed by atoms with van der Waals surface area (Å²) >= 11 is 0. The molecule has 3 heterocycles. The number of benzene rings is 1. The molecule has 2 saturated heterocycles.